The van der Waals surface area contributed by atoms with Crippen molar-refractivity contribution in [2.45, 2.75) is 44.1 Å². The maximum absolute atomic E-state index is 10.1. The number of aliphatic hydroxyl groups is 1. The first-order chi connectivity index (χ1) is 6.66. The molecule has 1 fully saturated rings. The quantitative estimate of drug-likeness (QED) is 0.678. The van der Waals surface area contributed by atoms with E-state index in [1.54, 1.807) is 0 Å². The van der Waals surface area contributed by atoms with E-state index >= 15 is 0 Å². The van der Waals surface area contributed by atoms with Gasteiger partial charge in [-0.1, -0.05) is 12.8 Å². The molecular weight excluding hydrogens is 176 g/mol. The van der Waals surface area contributed by atoms with Gasteiger partial charge >= 0.3 is 0 Å². The SMILES string of the molecule is CN(CCCC#N)CC1(O)CCCC1. The molecule has 0 aromatic carbocycles. The van der Waals surface area contributed by atoms with Gasteiger partial charge < -0.3 is 10.0 Å². The molecule has 1 aliphatic rings. The Morgan fingerprint density at radius 1 is 1.43 bits per heavy atom. The number of rotatable bonds is 5. The van der Waals surface area contributed by atoms with Crippen molar-refractivity contribution in [3.63, 3.8) is 0 Å². The summed E-state index contributed by atoms with van der Waals surface area (Å²) in [4.78, 5) is 2.14. The molecule has 0 aromatic heterocycles. The summed E-state index contributed by atoms with van der Waals surface area (Å²) in [5.41, 5.74) is -0.443. The fourth-order valence-electron chi connectivity index (χ4n) is 2.20. The minimum Gasteiger partial charge on any atom is -0.389 e. The Labute approximate surface area is 86.3 Å². The number of nitriles is 1. The highest BCUT2D eigenvalue weighted by Gasteiger charge is 2.31. The highest BCUT2D eigenvalue weighted by atomic mass is 16.3. The molecule has 0 unspecified atom stereocenters. The highest BCUT2D eigenvalue weighted by molar-refractivity contribution is 4.86. The molecule has 0 radical (unpaired) electrons. The van der Waals surface area contributed by atoms with Crippen LogP contribution >= 0.6 is 0 Å². The molecule has 1 N–H and O–H groups in total. The van der Waals surface area contributed by atoms with Crippen LogP contribution in [0.5, 0.6) is 0 Å². The van der Waals surface area contributed by atoms with Gasteiger partial charge in [-0.05, 0) is 32.9 Å². The van der Waals surface area contributed by atoms with Crippen molar-refractivity contribution in [1.29, 1.82) is 5.26 Å². The largest absolute Gasteiger partial charge is 0.389 e. The van der Waals surface area contributed by atoms with Gasteiger partial charge in [0.2, 0.25) is 0 Å². The molecule has 0 bridgehead atoms. The van der Waals surface area contributed by atoms with Crippen molar-refractivity contribution in [3.05, 3.63) is 0 Å². The molecule has 3 heteroatoms. The molecule has 0 saturated heterocycles. The number of hydrogen-bond acceptors (Lipinski definition) is 3. The van der Waals surface area contributed by atoms with E-state index < -0.39 is 5.60 Å². The van der Waals surface area contributed by atoms with Crippen molar-refractivity contribution in [1.82, 2.24) is 4.90 Å². The van der Waals surface area contributed by atoms with E-state index in [9.17, 15) is 5.11 Å². The summed E-state index contributed by atoms with van der Waals surface area (Å²) in [5.74, 6) is 0. The average Bonchev–Trinajstić information content (AvgIpc) is 2.52. The van der Waals surface area contributed by atoms with Crippen molar-refractivity contribution in [3.8, 4) is 6.07 Å². The van der Waals surface area contributed by atoms with Crippen LogP contribution < -0.4 is 0 Å². The first kappa shape index (κ1) is 11.5. The van der Waals surface area contributed by atoms with Gasteiger partial charge in [0.15, 0.2) is 0 Å². The Balaban J connectivity index is 2.19. The fourth-order valence-corrected chi connectivity index (χ4v) is 2.20. The molecule has 0 atom stereocenters. The third-order valence-corrected chi connectivity index (χ3v) is 2.93. The lowest BCUT2D eigenvalue weighted by molar-refractivity contribution is 0.0163. The van der Waals surface area contributed by atoms with Crippen LogP contribution in [0.3, 0.4) is 0 Å². The molecule has 80 valence electrons. The van der Waals surface area contributed by atoms with Crippen LogP contribution in [0.15, 0.2) is 0 Å². The van der Waals surface area contributed by atoms with Gasteiger partial charge in [-0.2, -0.15) is 5.26 Å². The standard InChI is InChI=1S/C11H20N2O/c1-13(9-5-4-8-12)10-11(14)6-2-3-7-11/h14H,2-7,9-10H2,1H3. The highest BCUT2D eigenvalue weighted by Crippen LogP contribution is 2.29. The van der Waals surface area contributed by atoms with E-state index in [1.807, 2.05) is 7.05 Å². The van der Waals surface area contributed by atoms with Gasteiger partial charge in [-0.3, -0.25) is 0 Å². The topological polar surface area (TPSA) is 47.3 Å². The van der Waals surface area contributed by atoms with E-state index in [-0.39, 0.29) is 0 Å². The summed E-state index contributed by atoms with van der Waals surface area (Å²) < 4.78 is 0. The second kappa shape index (κ2) is 5.33. The maximum atomic E-state index is 10.1. The number of unbranched alkanes of at least 4 members (excludes halogenated alkanes) is 1. The zero-order chi connectivity index (χ0) is 10.4. The summed E-state index contributed by atoms with van der Waals surface area (Å²) in [6.45, 7) is 1.67. The molecule has 0 amide bonds. The second-order valence-electron chi connectivity index (χ2n) is 4.43. The molecule has 14 heavy (non-hydrogen) atoms. The van der Waals surface area contributed by atoms with Gasteiger partial charge in [0.25, 0.3) is 0 Å². The van der Waals surface area contributed by atoms with Crippen molar-refractivity contribution in [2.75, 3.05) is 20.1 Å². The van der Waals surface area contributed by atoms with Gasteiger partial charge in [-0.15, -0.1) is 0 Å². The molecule has 0 spiro atoms. The molecule has 0 aromatic rings. The predicted molar refractivity (Wildman–Crippen MR) is 55.8 cm³/mol. The van der Waals surface area contributed by atoms with Gasteiger partial charge in [0, 0.05) is 13.0 Å². The third kappa shape index (κ3) is 3.65. The fraction of sp³-hybridized carbons (Fsp3) is 0.909. The lowest BCUT2D eigenvalue weighted by Crippen LogP contribution is -2.39. The van der Waals surface area contributed by atoms with Gasteiger partial charge in [0.1, 0.15) is 0 Å². The zero-order valence-electron chi connectivity index (χ0n) is 9.00. The molecule has 0 aliphatic heterocycles. The van der Waals surface area contributed by atoms with Crippen molar-refractivity contribution >= 4 is 0 Å². The monoisotopic (exact) mass is 196 g/mol. The van der Waals surface area contributed by atoms with Crippen LogP contribution in [0, 0.1) is 11.3 Å². The van der Waals surface area contributed by atoms with E-state index in [0.29, 0.717) is 6.42 Å². The number of likely N-dealkylation sites (N-methyl/N-ethyl adjacent to an activating group) is 1. The van der Waals surface area contributed by atoms with Crippen LogP contribution in [0.1, 0.15) is 38.5 Å². The first-order valence-corrected chi connectivity index (χ1v) is 5.44. The molecule has 1 rings (SSSR count). The Hall–Kier alpha value is -0.590. The Bertz CT molecular complexity index is 204. The Morgan fingerprint density at radius 3 is 2.64 bits per heavy atom. The van der Waals surface area contributed by atoms with E-state index in [1.165, 1.54) is 0 Å². The molecule has 0 heterocycles. The van der Waals surface area contributed by atoms with Crippen LogP contribution in [-0.2, 0) is 0 Å². The zero-order valence-corrected chi connectivity index (χ0v) is 9.00. The second-order valence-corrected chi connectivity index (χ2v) is 4.43. The molecule has 1 saturated carbocycles. The van der Waals surface area contributed by atoms with Crippen molar-refractivity contribution in [2.24, 2.45) is 0 Å². The predicted octanol–water partition coefficient (Wildman–Crippen LogP) is 1.53. The first-order valence-electron chi connectivity index (χ1n) is 5.44. The summed E-state index contributed by atoms with van der Waals surface area (Å²) in [6.07, 6.45) is 5.71. The average molecular weight is 196 g/mol. The van der Waals surface area contributed by atoms with Crippen LogP contribution in [0.2, 0.25) is 0 Å². The summed E-state index contributed by atoms with van der Waals surface area (Å²) in [6, 6.07) is 2.14. The minimum absolute atomic E-state index is 0.443. The Kier molecular flexibility index (Phi) is 4.37. The molecule has 3 nitrogen and oxygen atoms in total. The number of nitrogens with zero attached hydrogens (tertiary/aromatic N) is 2. The minimum atomic E-state index is -0.443. The van der Waals surface area contributed by atoms with Crippen molar-refractivity contribution < 1.29 is 5.11 Å². The lowest BCUT2D eigenvalue weighted by atomic mass is 10.0. The molecular formula is C11H20N2O. The third-order valence-electron chi connectivity index (χ3n) is 2.93. The summed E-state index contributed by atoms with van der Waals surface area (Å²) in [7, 11) is 2.02. The van der Waals surface area contributed by atoms with E-state index in [4.69, 9.17) is 5.26 Å². The van der Waals surface area contributed by atoms with Crippen LogP contribution in [-0.4, -0.2) is 35.7 Å². The smallest absolute Gasteiger partial charge is 0.0774 e. The number of hydrogen-bond donors (Lipinski definition) is 1. The van der Waals surface area contributed by atoms with Gasteiger partial charge in [0.05, 0.1) is 11.7 Å². The van der Waals surface area contributed by atoms with Gasteiger partial charge in [-0.25, -0.2) is 0 Å². The summed E-state index contributed by atoms with van der Waals surface area (Å²) >= 11 is 0. The van der Waals surface area contributed by atoms with E-state index in [0.717, 1.165) is 45.2 Å². The Morgan fingerprint density at radius 2 is 2.07 bits per heavy atom. The summed E-state index contributed by atoms with van der Waals surface area (Å²) in [5, 5.41) is 18.5. The maximum Gasteiger partial charge on any atom is 0.0774 e. The van der Waals surface area contributed by atoms with Crippen LogP contribution in [0.25, 0.3) is 0 Å². The normalized spacial score (nSPS) is 19.9. The molecule has 1 aliphatic carbocycles. The lowest BCUT2D eigenvalue weighted by Gasteiger charge is -2.28. The van der Waals surface area contributed by atoms with Crippen LogP contribution in [0.4, 0.5) is 0 Å². The van der Waals surface area contributed by atoms with E-state index in [2.05, 4.69) is 11.0 Å².